The highest BCUT2D eigenvalue weighted by atomic mass is 79.9. The van der Waals surface area contributed by atoms with Crippen LogP contribution >= 0.6 is 27.3 Å². The van der Waals surface area contributed by atoms with Gasteiger partial charge in [-0.3, -0.25) is 4.79 Å². The Morgan fingerprint density at radius 3 is 2.90 bits per heavy atom. The minimum absolute atomic E-state index is 0.217. The molecule has 7 heteroatoms. The van der Waals surface area contributed by atoms with E-state index in [4.69, 9.17) is 5.11 Å². The Morgan fingerprint density at radius 1 is 1.55 bits per heavy atom. The molecule has 2 amide bonds. The van der Waals surface area contributed by atoms with Gasteiger partial charge in [-0.15, -0.1) is 11.3 Å². The van der Waals surface area contributed by atoms with Gasteiger partial charge in [-0.25, -0.2) is 4.79 Å². The number of thiophene rings is 1. The number of rotatable bonds is 4. The molecule has 0 radical (unpaired) electrons. The second-order valence-electron chi connectivity index (χ2n) is 5.05. The Balaban J connectivity index is 1.89. The molecule has 110 valence electrons. The first-order valence-corrected chi connectivity index (χ1v) is 8.12. The van der Waals surface area contributed by atoms with E-state index >= 15 is 0 Å². The van der Waals surface area contributed by atoms with E-state index in [0.717, 1.165) is 22.2 Å². The summed E-state index contributed by atoms with van der Waals surface area (Å²) in [5, 5.41) is 13.9. The fraction of sp³-hybridized carbons (Fsp3) is 0.538. The van der Waals surface area contributed by atoms with Crippen LogP contribution in [0.4, 0.5) is 4.79 Å². The Morgan fingerprint density at radius 2 is 2.30 bits per heavy atom. The normalized spacial score (nSPS) is 21.7. The number of carbonyl (C=O) groups is 2. The Hall–Kier alpha value is -1.08. The van der Waals surface area contributed by atoms with Crippen molar-refractivity contribution in [2.45, 2.75) is 31.8 Å². The lowest BCUT2D eigenvalue weighted by Crippen LogP contribution is -2.45. The molecule has 1 fully saturated rings. The number of nitrogens with zero attached hydrogens (tertiary/aromatic N) is 1. The molecule has 1 aliphatic carbocycles. The number of hydrogen-bond acceptors (Lipinski definition) is 3. The number of halogens is 1. The molecule has 1 heterocycles. The summed E-state index contributed by atoms with van der Waals surface area (Å²) in [6.07, 6.45) is 2.23. The fourth-order valence-corrected chi connectivity index (χ4v) is 3.67. The van der Waals surface area contributed by atoms with Crippen molar-refractivity contribution < 1.29 is 14.7 Å². The van der Waals surface area contributed by atoms with Crippen molar-refractivity contribution in [3.05, 3.63) is 20.8 Å². The maximum absolute atomic E-state index is 12.1. The topological polar surface area (TPSA) is 69.6 Å². The van der Waals surface area contributed by atoms with Crippen LogP contribution < -0.4 is 5.32 Å². The van der Waals surface area contributed by atoms with Gasteiger partial charge in [-0.05, 0) is 45.8 Å². The van der Waals surface area contributed by atoms with Gasteiger partial charge in [0.05, 0.1) is 9.70 Å². The third kappa shape index (κ3) is 3.73. The van der Waals surface area contributed by atoms with Gasteiger partial charge >= 0.3 is 12.0 Å². The lowest BCUT2D eigenvalue weighted by atomic mass is 10.0. The first-order chi connectivity index (χ1) is 9.47. The maximum Gasteiger partial charge on any atom is 0.317 e. The molecular weight excluding hydrogens is 344 g/mol. The number of amides is 2. The summed E-state index contributed by atoms with van der Waals surface area (Å²) in [5.74, 6) is -1.28. The molecule has 0 aromatic carbocycles. The van der Waals surface area contributed by atoms with E-state index < -0.39 is 11.9 Å². The molecule has 2 unspecified atom stereocenters. The molecule has 0 aliphatic heterocycles. The number of urea groups is 1. The first kappa shape index (κ1) is 15.3. The molecule has 2 atom stereocenters. The van der Waals surface area contributed by atoms with Crippen LogP contribution in [0, 0.1) is 5.92 Å². The van der Waals surface area contributed by atoms with E-state index in [0.29, 0.717) is 13.0 Å². The Labute approximate surface area is 130 Å². The quantitative estimate of drug-likeness (QED) is 0.867. The highest BCUT2D eigenvalue weighted by Crippen LogP contribution is 2.26. The van der Waals surface area contributed by atoms with Crippen molar-refractivity contribution in [3.63, 3.8) is 0 Å². The number of aliphatic carboxylic acids is 1. The molecule has 1 aliphatic rings. The zero-order chi connectivity index (χ0) is 14.7. The van der Waals surface area contributed by atoms with Gasteiger partial charge in [-0.1, -0.05) is 6.42 Å². The zero-order valence-electron chi connectivity index (χ0n) is 11.1. The standard InChI is InChI=1S/C13H17BrN2O3S/c1-16(6-8-5-11(14)20-7-8)13(19)15-10-4-2-3-9(10)12(17)18/h5,7,9-10H,2-4,6H2,1H3,(H,15,19)(H,17,18). The molecule has 1 saturated carbocycles. The summed E-state index contributed by atoms with van der Waals surface area (Å²) in [4.78, 5) is 24.8. The average Bonchev–Trinajstić information content (AvgIpc) is 2.98. The predicted molar refractivity (Wildman–Crippen MR) is 80.8 cm³/mol. The van der Waals surface area contributed by atoms with E-state index in [1.807, 2.05) is 11.4 Å². The molecule has 0 bridgehead atoms. The molecule has 2 N–H and O–H groups in total. The highest BCUT2D eigenvalue weighted by molar-refractivity contribution is 9.11. The van der Waals surface area contributed by atoms with Gasteiger partial charge in [0, 0.05) is 19.6 Å². The summed E-state index contributed by atoms with van der Waals surface area (Å²) in [6.45, 7) is 0.512. The lowest BCUT2D eigenvalue weighted by Gasteiger charge is -2.23. The van der Waals surface area contributed by atoms with Crippen LogP contribution in [0.5, 0.6) is 0 Å². The second kappa shape index (κ2) is 6.58. The number of hydrogen-bond donors (Lipinski definition) is 2. The van der Waals surface area contributed by atoms with E-state index in [-0.39, 0.29) is 12.1 Å². The van der Waals surface area contributed by atoms with Crippen molar-refractivity contribution in [3.8, 4) is 0 Å². The summed E-state index contributed by atoms with van der Waals surface area (Å²) in [7, 11) is 1.71. The number of nitrogens with one attached hydrogen (secondary N) is 1. The summed E-state index contributed by atoms with van der Waals surface area (Å²) < 4.78 is 1.03. The van der Waals surface area contributed by atoms with Gasteiger partial charge in [-0.2, -0.15) is 0 Å². The van der Waals surface area contributed by atoms with Crippen LogP contribution in [-0.2, 0) is 11.3 Å². The smallest absolute Gasteiger partial charge is 0.317 e. The maximum atomic E-state index is 12.1. The third-order valence-corrected chi connectivity index (χ3v) is 5.08. The van der Waals surface area contributed by atoms with Crippen molar-refractivity contribution in [2.24, 2.45) is 5.92 Å². The molecule has 5 nitrogen and oxygen atoms in total. The van der Waals surface area contributed by atoms with Crippen LogP contribution in [0.2, 0.25) is 0 Å². The predicted octanol–water partition coefficient (Wildman–Crippen LogP) is 2.91. The van der Waals surface area contributed by atoms with Crippen molar-refractivity contribution in [1.82, 2.24) is 10.2 Å². The molecule has 1 aromatic heterocycles. The van der Waals surface area contributed by atoms with Crippen LogP contribution in [0.15, 0.2) is 15.2 Å². The largest absolute Gasteiger partial charge is 0.481 e. The Bertz CT molecular complexity index is 506. The zero-order valence-corrected chi connectivity index (χ0v) is 13.5. The van der Waals surface area contributed by atoms with Crippen molar-refractivity contribution in [1.29, 1.82) is 0 Å². The summed E-state index contributed by atoms with van der Waals surface area (Å²) in [5.41, 5.74) is 1.06. The lowest BCUT2D eigenvalue weighted by molar-refractivity contribution is -0.142. The molecule has 20 heavy (non-hydrogen) atoms. The van der Waals surface area contributed by atoms with Gasteiger partial charge in [0.1, 0.15) is 0 Å². The van der Waals surface area contributed by atoms with Crippen LogP contribution in [0.25, 0.3) is 0 Å². The van der Waals surface area contributed by atoms with Crippen LogP contribution in [0.1, 0.15) is 24.8 Å². The number of carboxylic acids is 1. The van der Waals surface area contributed by atoms with Gasteiger partial charge in [0.2, 0.25) is 0 Å². The average molecular weight is 361 g/mol. The molecule has 2 rings (SSSR count). The van der Waals surface area contributed by atoms with Gasteiger partial charge < -0.3 is 15.3 Å². The second-order valence-corrected chi connectivity index (χ2v) is 7.34. The van der Waals surface area contributed by atoms with Crippen molar-refractivity contribution >= 4 is 39.3 Å². The van der Waals surface area contributed by atoms with Crippen LogP contribution in [0.3, 0.4) is 0 Å². The molecule has 0 spiro atoms. The molecule has 1 aromatic rings. The summed E-state index contributed by atoms with van der Waals surface area (Å²) in [6, 6.07) is 1.51. The van der Waals surface area contributed by atoms with E-state index in [1.165, 1.54) is 0 Å². The van der Waals surface area contributed by atoms with Gasteiger partial charge in [0.15, 0.2) is 0 Å². The van der Waals surface area contributed by atoms with E-state index in [9.17, 15) is 9.59 Å². The Kier molecular flexibility index (Phi) is 5.04. The fourth-order valence-electron chi connectivity index (χ4n) is 2.47. The van der Waals surface area contributed by atoms with Crippen LogP contribution in [-0.4, -0.2) is 35.1 Å². The van der Waals surface area contributed by atoms with E-state index in [1.54, 1.807) is 23.3 Å². The summed E-state index contributed by atoms with van der Waals surface area (Å²) >= 11 is 4.96. The first-order valence-electron chi connectivity index (χ1n) is 6.44. The number of carbonyl (C=O) groups excluding carboxylic acids is 1. The van der Waals surface area contributed by atoms with E-state index in [2.05, 4.69) is 21.2 Å². The molecule has 0 saturated heterocycles. The third-order valence-electron chi connectivity index (χ3n) is 3.53. The molecular formula is C13H17BrN2O3S. The van der Waals surface area contributed by atoms with Gasteiger partial charge in [0.25, 0.3) is 0 Å². The SMILES string of the molecule is CN(Cc1csc(Br)c1)C(=O)NC1CCCC1C(=O)O. The minimum atomic E-state index is -0.822. The monoisotopic (exact) mass is 360 g/mol. The minimum Gasteiger partial charge on any atom is -0.481 e. The number of carboxylic acid groups (broad SMARTS) is 1. The van der Waals surface area contributed by atoms with Crippen molar-refractivity contribution in [2.75, 3.05) is 7.05 Å². The highest BCUT2D eigenvalue weighted by Gasteiger charge is 2.34.